The van der Waals surface area contributed by atoms with Crippen molar-refractivity contribution in [1.82, 2.24) is 4.90 Å². The molecule has 94 valence electrons. The molecule has 1 N–H and O–H groups in total. The van der Waals surface area contributed by atoms with Crippen molar-refractivity contribution in [2.75, 3.05) is 20.7 Å². The third-order valence-electron chi connectivity index (χ3n) is 2.28. The number of benzene rings is 1. The third kappa shape index (κ3) is 3.61. The first-order valence-corrected chi connectivity index (χ1v) is 5.60. The largest absolute Gasteiger partial charge is 0.496 e. The monoisotopic (exact) mass is 257 g/mol. The summed E-state index contributed by atoms with van der Waals surface area (Å²) in [5.41, 5.74) is 0.431. The van der Waals surface area contributed by atoms with Gasteiger partial charge in [0.2, 0.25) is 0 Å². The number of hydrogen-bond acceptors (Lipinski definition) is 3. The van der Waals surface area contributed by atoms with Crippen molar-refractivity contribution in [1.29, 1.82) is 0 Å². The molecule has 0 aliphatic heterocycles. The van der Waals surface area contributed by atoms with Crippen LogP contribution in [0.15, 0.2) is 18.2 Å². The first kappa shape index (κ1) is 13.8. The van der Waals surface area contributed by atoms with Crippen molar-refractivity contribution in [2.24, 2.45) is 0 Å². The quantitative estimate of drug-likeness (QED) is 0.895. The molecule has 0 aliphatic carbocycles. The molecule has 0 aromatic heterocycles. The number of amides is 1. The van der Waals surface area contributed by atoms with E-state index in [0.717, 1.165) is 0 Å². The third-order valence-corrected chi connectivity index (χ3v) is 2.51. The predicted octanol–water partition coefficient (Wildman–Crippen LogP) is 1.80. The Bertz CT molecular complexity index is 407. The van der Waals surface area contributed by atoms with Crippen molar-refractivity contribution >= 4 is 17.5 Å². The van der Waals surface area contributed by atoms with Crippen molar-refractivity contribution in [2.45, 2.75) is 13.0 Å². The van der Waals surface area contributed by atoms with E-state index in [2.05, 4.69) is 0 Å². The molecule has 0 radical (unpaired) electrons. The second-order valence-corrected chi connectivity index (χ2v) is 4.32. The van der Waals surface area contributed by atoms with E-state index in [9.17, 15) is 9.90 Å². The van der Waals surface area contributed by atoms with Gasteiger partial charge in [-0.25, -0.2) is 0 Å². The Morgan fingerprint density at radius 3 is 2.76 bits per heavy atom. The first-order valence-electron chi connectivity index (χ1n) is 5.22. The van der Waals surface area contributed by atoms with Crippen molar-refractivity contribution in [3.05, 3.63) is 28.8 Å². The van der Waals surface area contributed by atoms with E-state index in [1.807, 2.05) is 0 Å². The summed E-state index contributed by atoms with van der Waals surface area (Å²) in [7, 11) is 3.11. The van der Waals surface area contributed by atoms with Crippen LogP contribution in [-0.4, -0.2) is 42.7 Å². The fourth-order valence-corrected chi connectivity index (χ4v) is 1.69. The molecule has 0 saturated carbocycles. The van der Waals surface area contributed by atoms with Gasteiger partial charge in [0, 0.05) is 18.6 Å². The minimum absolute atomic E-state index is 0.209. The Kier molecular flexibility index (Phi) is 4.78. The summed E-state index contributed by atoms with van der Waals surface area (Å²) in [5.74, 6) is 0.222. The van der Waals surface area contributed by atoms with Crippen LogP contribution in [0.25, 0.3) is 0 Å². The lowest BCUT2D eigenvalue weighted by Crippen LogP contribution is -2.33. The number of likely N-dealkylation sites (N-methyl/N-ethyl adjacent to an activating group) is 1. The maximum Gasteiger partial charge on any atom is 0.257 e. The number of aliphatic hydroxyl groups excluding tert-OH is 1. The molecule has 5 heteroatoms. The minimum Gasteiger partial charge on any atom is -0.496 e. The number of methoxy groups -OCH3 is 1. The Hall–Kier alpha value is -1.26. The molecule has 1 amide bonds. The van der Waals surface area contributed by atoms with E-state index in [1.165, 1.54) is 12.0 Å². The molecule has 1 rings (SSSR count). The van der Waals surface area contributed by atoms with Crippen LogP contribution in [0, 0.1) is 0 Å². The van der Waals surface area contributed by atoms with Gasteiger partial charge >= 0.3 is 0 Å². The molecular formula is C12H16ClNO3. The summed E-state index contributed by atoms with van der Waals surface area (Å²) in [5, 5.41) is 9.75. The molecule has 4 nitrogen and oxygen atoms in total. The number of carbonyl (C=O) groups excluding carboxylic acids is 1. The summed E-state index contributed by atoms with van der Waals surface area (Å²) in [6.45, 7) is 1.90. The van der Waals surface area contributed by atoms with E-state index in [1.54, 1.807) is 32.2 Å². The van der Waals surface area contributed by atoms with Crippen LogP contribution in [-0.2, 0) is 0 Å². The average Bonchev–Trinajstić information content (AvgIpc) is 2.27. The van der Waals surface area contributed by atoms with Gasteiger partial charge < -0.3 is 14.7 Å². The number of carbonyl (C=O) groups is 1. The molecule has 1 atom stereocenters. The molecule has 1 aromatic rings. The Balaban J connectivity index is 2.95. The molecule has 0 aliphatic rings. The Labute approximate surface area is 106 Å². The molecule has 0 spiro atoms. The molecule has 1 unspecified atom stereocenters. The number of nitrogens with zero attached hydrogens (tertiary/aromatic N) is 1. The van der Waals surface area contributed by atoms with Crippen LogP contribution in [0.2, 0.25) is 5.02 Å². The lowest BCUT2D eigenvalue weighted by atomic mass is 10.1. The maximum atomic E-state index is 12.1. The predicted molar refractivity (Wildman–Crippen MR) is 66.6 cm³/mol. The summed E-state index contributed by atoms with van der Waals surface area (Å²) < 4.78 is 5.11. The number of hydrogen-bond donors (Lipinski definition) is 1. The van der Waals surface area contributed by atoms with Gasteiger partial charge in [-0.15, -0.1) is 0 Å². The highest BCUT2D eigenvalue weighted by molar-refractivity contribution is 6.30. The van der Waals surface area contributed by atoms with Gasteiger partial charge in [0.15, 0.2) is 0 Å². The van der Waals surface area contributed by atoms with Crippen LogP contribution < -0.4 is 4.74 Å². The zero-order chi connectivity index (χ0) is 13.0. The zero-order valence-electron chi connectivity index (χ0n) is 10.1. The second kappa shape index (κ2) is 5.89. The topological polar surface area (TPSA) is 49.8 Å². The van der Waals surface area contributed by atoms with Crippen LogP contribution >= 0.6 is 11.6 Å². The van der Waals surface area contributed by atoms with E-state index in [0.29, 0.717) is 16.3 Å². The highest BCUT2D eigenvalue weighted by Gasteiger charge is 2.17. The summed E-state index contributed by atoms with van der Waals surface area (Å²) in [6, 6.07) is 4.83. The molecule has 0 fully saturated rings. The van der Waals surface area contributed by atoms with Crippen LogP contribution in [0.1, 0.15) is 17.3 Å². The van der Waals surface area contributed by atoms with Crippen molar-refractivity contribution in [3.63, 3.8) is 0 Å². The first-order chi connectivity index (χ1) is 7.95. The lowest BCUT2D eigenvalue weighted by molar-refractivity contribution is 0.0700. The lowest BCUT2D eigenvalue weighted by Gasteiger charge is -2.20. The van der Waals surface area contributed by atoms with Crippen molar-refractivity contribution in [3.8, 4) is 5.75 Å². The molecule has 0 heterocycles. The molecule has 0 saturated heterocycles. The van der Waals surface area contributed by atoms with Gasteiger partial charge in [0.05, 0.1) is 18.8 Å². The highest BCUT2D eigenvalue weighted by atomic mass is 35.5. The SMILES string of the molecule is COc1cc(Cl)ccc1C(=O)N(C)CC(C)O. The van der Waals surface area contributed by atoms with E-state index < -0.39 is 6.10 Å². The van der Waals surface area contributed by atoms with Gasteiger partial charge in [-0.05, 0) is 25.1 Å². The minimum atomic E-state index is -0.567. The normalized spacial score (nSPS) is 12.1. The van der Waals surface area contributed by atoms with Crippen LogP contribution in [0.4, 0.5) is 0 Å². The second-order valence-electron chi connectivity index (χ2n) is 3.88. The standard InChI is InChI=1S/C12H16ClNO3/c1-8(15)7-14(2)12(16)10-5-4-9(13)6-11(10)17-3/h4-6,8,15H,7H2,1-3H3. The Morgan fingerprint density at radius 1 is 1.59 bits per heavy atom. The number of rotatable bonds is 4. The van der Waals surface area contributed by atoms with Gasteiger partial charge in [0.1, 0.15) is 5.75 Å². The fraction of sp³-hybridized carbons (Fsp3) is 0.417. The van der Waals surface area contributed by atoms with E-state index in [-0.39, 0.29) is 12.5 Å². The molecular weight excluding hydrogens is 242 g/mol. The van der Waals surface area contributed by atoms with Gasteiger partial charge in [0.25, 0.3) is 5.91 Å². The zero-order valence-corrected chi connectivity index (χ0v) is 10.9. The molecule has 0 bridgehead atoms. The fourth-order valence-electron chi connectivity index (χ4n) is 1.53. The summed E-state index contributed by atoms with van der Waals surface area (Å²) in [4.78, 5) is 13.5. The highest BCUT2D eigenvalue weighted by Crippen LogP contribution is 2.24. The number of ether oxygens (including phenoxy) is 1. The van der Waals surface area contributed by atoms with E-state index >= 15 is 0 Å². The van der Waals surface area contributed by atoms with Crippen LogP contribution in [0.5, 0.6) is 5.75 Å². The van der Waals surface area contributed by atoms with Crippen molar-refractivity contribution < 1.29 is 14.6 Å². The van der Waals surface area contributed by atoms with Crippen LogP contribution in [0.3, 0.4) is 0 Å². The number of aliphatic hydroxyl groups is 1. The maximum absolute atomic E-state index is 12.1. The molecule has 17 heavy (non-hydrogen) atoms. The smallest absolute Gasteiger partial charge is 0.257 e. The molecule has 1 aromatic carbocycles. The van der Waals surface area contributed by atoms with Gasteiger partial charge in [-0.2, -0.15) is 0 Å². The van der Waals surface area contributed by atoms with Gasteiger partial charge in [-0.3, -0.25) is 4.79 Å². The van der Waals surface area contributed by atoms with E-state index in [4.69, 9.17) is 16.3 Å². The average molecular weight is 258 g/mol. The Morgan fingerprint density at radius 2 is 2.24 bits per heavy atom. The summed E-state index contributed by atoms with van der Waals surface area (Å²) >= 11 is 5.82. The number of halogens is 1. The summed E-state index contributed by atoms with van der Waals surface area (Å²) in [6.07, 6.45) is -0.567. The van der Waals surface area contributed by atoms with Gasteiger partial charge in [-0.1, -0.05) is 11.6 Å².